The van der Waals surface area contributed by atoms with Crippen LogP contribution in [0.5, 0.6) is 0 Å². The van der Waals surface area contributed by atoms with Crippen molar-refractivity contribution in [1.82, 2.24) is 9.97 Å². The van der Waals surface area contributed by atoms with Crippen molar-refractivity contribution >= 4 is 22.6 Å². The number of rotatable bonds is 3. The average Bonchev–Trinajstić information content (AvgIpc) is 3.10. The predicted molar refractivity (Wildman–Crippen MR) is 97.2 cm³/mol. The highest BCUT2D eigenvalue weighted by molar-refractivity contribution is 5.91. The highest BCUT2D eigenvalue weighted by Gasteiger charge is 2.43. The van der Waals surface area contributed by atoms with E-state index in [9.17, 15) is 14.3 Å². The van der Waals surface area contributed by atoms with E-state index in [2.05, 4.69) is 9.97 Å². The van der Waals surface area contributed by atoms with Gasteiger partial charge in [0.25, 0.3) is 0 Å². The van der Waals surface area contributed by atoms with E-state index in [1.54, 1.807) is 37.5 Å². The van der Waals surface area contributed by atoms with E-state index in [0.717, 1.165) is 22.2 Å². The summed E-state index contributed by atoms with van der Waals surface area (Å²) in [6.45, 7) is 1.63. The minimum atomic E-state index is -1.21. The molecule has 0 unspecified atom stereocenters. The van der Waals surface area contributed by atoms with E-state index in [1.165, 1.54) is 6.07 Å². The summed E-state index contributed by atoms with van der Waals surface area (Å²) in [5, 5.41) is 9.98. The monoisotopic (exact) mass is 348 g/mol. The van der Waals surface area contributed by atoms with E-state index >= 15 is 0 Å². The van der Waals surface area contributed by atoms with Crippen LogP contribution in [0.1, 0.15) is 29.5 Å². The number of allylic oxidation sites excluding steroid dienone is 1. The van der Waals surface area contributed by atoms with Gasteiger partial charge in [-0.15, -0.1) is 0 Å². The Labute approximate surface area is 150 Å². The number of halogens is 1. The van der Waals surface area contributed by atoms with Crippen LogP contribution < -0.4 is 0 Å². The molecule has 26 heavy (non-hydrogen) atoms. The SMILES string of the molecule is Cc1c(F)cccc1[C@@]1(C(=O)O)C=C(c2ccc3nccnc3c2)CC1. The van der Waals surface area contributed by atoms with E-state index in [4.69, 9.17) is 0 Å². The van der Waals surface area contributed by atoms with Gasteiger partial charge in [-0.3, -0.25) is 14.8 Å². The van der Waals surface area contributed by atoms with Crippen molar-refractivity contribution in [2.75, 3.05) is 0 Å². The highest BCUT2D eigenvalue weighted by Crippen LogP contribution is 2.44. The highest BCUT2D eigenvalue weighted by atomic mass is 19.1. The molecular weight excluding hydrogens is 331 g/mol. The number of aliphatic carboxylic acids is 1. The molecule has 0 radical (unpaired) electrons. The summed E-state index contributed by atoms with van der Waals surface area (Å²) in [6.07, 6.45) is 6.05. The van der Waals surface area contributed by atoms with Crippen LogP contribution in [0, 0.1) is 12.7 Å². The van der Waals surface area contributed by atoms with Gasteiger partial charge in [-0.25, -0.2) is 4.39 Å². The molecule has 5 heteroatoms. The van der Waals surface area contributed by atoms with Gasteiger partial charge >= 0.3 is 5.97 Å². The number of carbonyl (C=O) groups is 1. The number of aromatic nitrogens is 2. The third-order valence-electron chi connectivity index (χ3n) is 5.18. The number of carboxylic acids is 1. The number of fused-ring (bicyclic) bond motifs is 1. The molecular formula is C21H17FN2O2. The lowest BCUT2D eigenvalue weighted by molar-refractivity contribution is -0.141. The molecule has 2 aromatic carbocycles. The summed E-state index contributed by atoms with van der Waals surface area (Å²) < 4.78 is 14.0. The predicted octanol–water partition coefficient (Wildman–Crippen LogP) is 4.28. The molecule has 0 saturated carbocycles. The second kappa shape index (κ2) is 6.02. The normalized spacial score (nSPS) is 19.5. The van der Waals surface area contributed by atoms with E-state index in [0.29, 0.717) is 24.0 Å². The van der Waals surface area contributed by atoms with Crippen molar-refractivity contribution in [2.45, 2.75) is 25.2 Å². The number of benzene rings is 2. The van der Waals surface area contributed by atoms with Crippen molar-refractivity contribution in [3.8, 4) is 0 Å². The molecule has 0 amide bonds. The summed E-state index contributed by atoms with van der Waals surface area (Å²) in [6, 6.07) is 10.4. The van der Waals surface area contributed by atoms with Gasteiger partial charge in [-0.1, -0.05) is 24.3 Å². The molecule has 1 aromatic heterocycles. The van der Waals surface area contributed by atoms with Crippen molar-refractivity contribution in [2.24, 2.45) is 0 Å². The summed E-state index contributed by atoms with van der Waals surface area (Å²) in [5.74, 6) is -1.34. The van der Waals surface area contributed by atoms with Gasteiger partial charge in [0.05, 0.1) is 11.0 Å². The van der Waals surface area contributed by atoms with Crippen LogP contribution in [-0.4, -0.2) is 21.0 Å². The van der Waals surface area contributed by atoms with Gasteiger partial charge in [-0.05, 0) is 60.2 Å². The Morgan fingerprint density at radius 2 is 1.92 bits per heavy atom. The zero-order chi connectivity index (χ0) is 18.3. The van der Waals surface area contributed by atoms with Crippen LogP contribution in [-0.2, 0) is 10.2 Å². The fourth-order valence-corrected chi connectivity index (χ4v) is 3.75. The van der Waals surface area contributed by atoms with Crippen LogP contribution in [0.2, 0.25) is 0 Å². The zero-order valence-electron chi connectivity index (χ0n) is 14.2. The summed E-state index contributed by atoms with van der Waals surface area (Å²) in [7, 11) is 0. The summed E-state index contributed by atoms with van der Waals surface area (Å²) in [4.78, 5) is 20.8. The number of nitrogens with zero attached hydrogens (tertiary/aromatic N) is 2. The fraction of sp³-hybridized carbons (Fsp3) is 0.190. The zero-order valence-corrected chi connectivity index (χ0v) is 14.2. The molecule has 1 N–H and O–H groups in total. The first-order valence-corrected chi connectivity index (χ1v) is 8.43. The minimum absolute atomic E-state index is 0.383. The topological polar surface area (TPSA) is 63.1 Å². The fourth-order valence-electron chi connectivity index (χ4n) is 3.75. The van der Waals surface area contributed by atoms with Crippen LogP contribution in [0.4, 0.5) is 4.39 Å². The van der Waals surface area contributed by atoms with Crippen molar-refractivity contribution in [3.63, 3.8) is 0 Å². The Bertz CT molecular complexity index is 1060. The smallest absolute Gasteiger partial charge is 0.318 e. The van der Waals surface area contributed by atoms with Crippen LogP contribution in [0.25, 0.3) is 16.6 Å². The molecule has 1 aliphatic carbocycles. The molecule has 0 aliphatic heterocycles. The lowest BCUT2D eigenvalue weighted by atomic mass is 9.78. The van der Waals surface area contributed by atoms with Gasteiger partial charge in [-0.2, -0.15) is 0 Å². The van der Waals surface area contributed by atoms with Gasteiger partial charge < -0.3 is 5.11 Å². The number of hydrogen-bond donors (Lipinski definition) is 1. The van der Waals surface area contributed by atoms with Gasteiger partial charge in [0.15, 0.2) is 0 Å². The maximum Gasteiger partial charge on any atom is 0.318 e. The van der Waals surface area contributed by atoms with Gasteiger partial charge in [0.2, 0.25) is 0 Å². The summed E-state index contributed by atoms with van der Waals surface area (Å²) >= 11 is 0. The summed E-state index contributed by atoms with van der Waals surface area (Å²) in [5.41, 5.74) is 3.11. The van der Waals surface area contributed by atoms with Gasteiger partial charge in [0.1, 0.15) is 11.2 Å². The average molecular weight is 348 g/mol. The van der Waals surface area contributed by atoms with Crippen molar-refractivity contribution < 1.29 is 14.3 Å². The third-order valence-corrected chi connectivity index (χ3v) is 5.18. The lowest BCUT2D eigenvalue weighted by Crippen LogP contribution is -2.32. The van der Waals surface area contributed by atoms with Crippen molar-refractivity contribution in [1.29, 1.82) is 0 Å². The molecule has 0 bridgehead atoms. The Balaban J connectivity index is 1.84. The molecule has 130 valence electrons. The lowest BCUT2D eigenvalue weighted by Gasteiger charge is -2.24. The maximum atomic E-state index is 14.0. The molecule has 4 rings (SSSR count). The molecule has 0 fully saturated rings. The second-order valence-electron chi connectivity index (χ2n) is 6.62. The quantitative estimate of drug-likeness (QED) is 0.767. The van der Waals surface area contributed by atoms with Crippen LogP contribution in [0.15, 0.2) is 54.9 Å². The molecule has 4 nitrogen and oxygen atoms in total. The third kappa shape index (κ3) is 2.47. The van der Waals surface area contributed by atoms with Crippen LogP contribution in [0.3, 0.4) is 0 Å². The first-order valence-electron chi connectivity index (χ1n) is 8.43. The number of hydrogen-bond acceptors (Lipinski definition) is 3. The Hall–Kier alpha value is -3.08. The Morgan fingerprint density at radius 3 is 2.69 bits per heavy atom. The van der Waals surface area contributed by atoms with E-state index in [1.807, 2.05) is 18.2 Å². The standard InChI is InChI=1S/C21H17FN2O2/c1-13-16(3-2-4-17(13)22)21(20(25)26)8-7-15(12-21)14-5-6-18-19(11-14)24-10-9-23-18/h2-6,9-12H,7-8H2,1H3,(H,25,26)/t21-/m0/s1. The molecule has 1 atom stereocenters. The molecule has 0 spiro atoms. The minimum Gasteiger partial charge on any atom is -0.480 e. The molecule has 1 heterocycles. The molecule has 1 aliphatic rings. The van der Waals surface area contributed by atoms with Gasteiger partial charge in [0, 0.05) is 12.4 Å². The maximum absolute atomic E-state index is 14.0. The number of carboxylic acid groups (broad SMARTS) is 1. The first kappa shape index (κ1) is 16.4. The molecule has 3 aromatic rings. The first-order chi connectivity index (χ1) is 12.5. The molecule has 0 saturated heterocycles. The second-order valence-corrected chi connectivity index (χ2v) is 6.62. The Morgan fingerprint density at radius 1 is 1.15 bits per heavy atom. The van der Waals surface area contributed by atoms with Crippen molar-refractivity contribution in [3.05, 3.63) is 77.4 Å². The van der Waals surface area contributed by atoms with E-state index in [-0.39, 0.29) is 5.82 Å². The largest absolute Gasteiger partial charge is 0.480 e. The Kier molecular flexibility index (Phi) is 3.80. The van der Waals surface area contributed by atoms with E-state index < -0.39 is 11.4 Å². The van der Waals surface area contributed by atoms with Crippen LogP contribution >= 0.6 is 0 Å².